The summed E-state index contributed by atoms with van der Waals surface area (Å²) in [6.45, 7) is -0.320. The predicted octanol–water partition coefficient (Wildman–Crippen LogP) is -0.594. The molecule has 0 rings (SSSR count). The van der Waals surface area contributed by atoms with Gasteiger partial charge in [-0.05, 0) is 0 Å². The van der Waals surface area contributed by atoms with E-state index in [-0.39, 0.29) is 13.0 Å². The minimum Gasteiger partial charge on any atom is -0.481 e. The van der Waals surface area contributed by atoms with E-state index < -0.39 is 30.4 Å². The Kier molecular flexibility index (Phi) is 5.23. The highest BCUT2D eigenvalue weighted by molar-refractivity contribution is 5.79. The molecule has 0 saturated heterocycles. The van der Waals surface area contributed by atoms with Gasteiger partial charge in [0.05, 0.1) is 19.4 Å². The maximum absolute atomic E-state index is 10.4. The normalized spacial score (nSPS) is 12.0. The first-order chi connectivity index (χ1) is 6.43. The van der Waals surface area contributed by atoms with Crippen molar-refractivity contribution >= 4 is 17.9 Å². The molecule has 0 radical (unpaired) electrons. The number of aliphatic carboxylic acids is 3. The molecule has 1 atom stereocenters. The van der Waals surface area contributed by atoms with Gasteiger partial charge in [-0.15, -0.1) is 0 Å². The highest BCUT2D eigenvalue weighted by Crippen LogP contribution is 2.00. The Labute approximate surface area is 78.9 Å². The lowest BCUT2D eigenvalue weighted by Crippen LogP contribution is -2.27. The zero-order valence-electron chi connectivity index (χ0n) is 7.17. The molecule has 0 bridgehead atoms. The molecule has 0 aliphatic carbocycles. The van der Waals surface area contributed by atoms with Gasteiger partial charge in [0.1, 0.15) is 0 Å². The lowest BCUT2D eigenvalue weighted by atomic mass is 10.2. The van der Waals surface area contributed by atoms with Crippen LogP contribution in [0, 0.1) is 0 Å². The molecule has 0 saturated carbocycles. The number of carbonyl (C=O) groups is 3. The summed E-state index contributed by atoms with van der Waals surface area (Å²) in [6, 6.07) is 0. The molecular formula is C7H10O7. The summed E-state index contributed by atoms with van der Waals surface area (Å²) in [4.78, 5) is 30.6. The summed E-state index contributed by atoms with van der Waals surface area (Å²) in [6.07, 6.45) is -2.54. The Morgan fingerprint density at radius 3 is 2.00 bits per heavy atom. The van der Waals surface area contributed by atoms with Crippen LogP contribution in [0.3, 0.4) is 0 Å². The molecular weight excluding hydrogens is 196 g/mol. The third kappa shape index (κ3) is 5.95. The van der Waals surface area contributed by atoms with Crippen molar-refractivity contribution in [3.63, 3.8) is 0 Å². The van der Waals surface area contributed by atoms with E-state index in [1.165, 1.54) is 0 Å². The number of rotatable bonds is 7. The quantitative estimate of drug-likeness (QED) is 0.508. The van der Waals surface area contributed by atoms with Gasteiger partial charge in [-0.25, -0.2) is 4.79 Å². The average molecular weight is 206 g/mol. The van der Waals surface area contributed by atoms with Gasteiger partial charge in [0, 0.05) is 0 Å². The number of carboxylic acids is 3. The predicted molar refractivity (Wildman–Crippen MR) is 41.9 cm³/mol. The van der Waals surface area contributed by atoms with Crippen LogP contribution in [0.4, 0.5) is 0 Å². The van der Waals surface area contributed by atoms with Crippen LogP contribution in [-0.2, 0) is 19.1 Å². The molecule has 7 nitrogen and oxygen atoms in total. The van der Waals surface area contributed by atoms with Gasteiger partial charge in [0.25, 0.3) is 0 Å². The maximum Gasteiger partial charge on any atom is 0.333 e. The van der Waals surface area contributed by atoms with Crippen LogP contribution in [0.15, 0.2) is 0 Å². The Morgan fingerprint density at radius 1 is 1.07 bits per heavy atom. The highest BCUT2D eigenvalue weighted by atomic mass is 16.5. The molecule has 0 aromatic carbocycles. The van der Waals surface area contributed by atoms with Crippen molar-refractivity contribution in [2.45, 2.75) is 18.9 Å². The van der Waals surface area contributed by atoms with Crippen molar-refractivity contribution in [1.29, 1.82) is 0 Å². The molecule has 3 N–H and O–H groups in total. The van der Waals surface area contributed by atoms with Crippen LogP contribution < -0.4 is 0 Å². The molecule has 0 aliphatic rings. The van der Waals surface area contributed by atoms with Gasteiger partial charge < -0.3 is 20.1 Å². The third-order valence-electron chi connectivity index (χ3n) is 1.27. The van der Waals surface area contributed by atoms with Gasteiger partial charge in [-0.1, -0.05) is 0 Å². The van der Waals surface area contributed by atoms with Crippen LogP contribution in [0.1, 0.15) is 12.8 Å². The molecule has 1 unspecified atom stereocenters. The Balaban J connectivity index is 3.91. The second kappa shape index (κ2) is 5.92. The largest absolute Gasteiger partial charge is 0.481 e. The summed E-state index contributed by atoms with van der Waals surface area (Å²) in [5.74, 6) is -3.87. The van der Waals surface area contributed by atoms with E-state index in [0.29, 0.717) is 0 Å². The topological polar surface area (TPSA) is 121 Å². The summed E-state index contributed by atoms with van der Waals surface area (Å²) >= 11 is 0. The fourth-order valence-corrected chi connectivity index (χ4v) is 0.665. The average Bonchev–Trinajstić information content (AvgIpc) is 2.00. The van der Waals surface area contributed by atoms with E-state index in [9.17, 15) is 14.4 Å². The second-order valence-corrected chi connectivity index (χ2v) is 2.44. The Bertz CT molecular complexity index is 234. The molecule has 7 heteroatoms. The molecule has 0 spiro atoms. The monoisotopic (exact) mass is 206 g/mol. The zero-order valence-corrected chi connectivity index (χ0v) is 7.17. The highest BCUT2D eigenvalue weighted by Gasteiger charge is 2.21. The van der Waals surface area contributed by atoms with E-state index in [4.69, 9.17) is 15.3 Å². The molecule has 14 heavy (non-hydrogen) atoms. The molecule has 80 valence electrons. The van der Waals surface area contributed by atoms with Crippen molar-refractivity contribution < 1.29 is 34.4 Å². The van der Waals surface area contributed by atoms with Crippen molar-refractivity contribution in [3.05, 3.63) is 0 Å². The maximum atomic E-state index is 10.4. The summed E-state index contributed by atoms with van der Waals surface area (Å²) in [5.41, 5.74) is 0. The minimum absolute atomic E-state index is 0.320. The van der Waals surface area contributed by atoms with Crippen molar-refractivity contribution in [1.82, 2.24) is 0 Å². The Hall–Kier alpha value is -1.63. The van der Waals surface area contributed by atoms with E-state index in [1.807, 2.05) is 0 Å². The third-order valence-corrected chi connectivity index (χ3v) is 1.27. The fraction of sp³-hybridized carbons (Fsp3) is 0.571. The van der Waals surface area contributed by atoms with Crippen LogP contribution >= 0.6 is 0 Å². The minimum atomic E-state index is -1.49. The summed E-state index contributed by atoms with van der Waals surface area (Å²) in [5, 5.41) is 24.9. The summed E-state index contributed by atoms with van der Waals surface area (Å²) in [7, 11) is 0. The molecule has 0 aromatic heterocycles. The smallest absolute Gasteiger partial charge is 0.333 e. The molecule has 0 fully saturated rings. The van der Waals surface area contributed by atoms with Crippen molar-refractivity contribution in [2.75, 3.05) is 6.61 Å². The van der Waals surface area contributed by atoms with E-state index in [0.717, 1.165) is 0 Å². The number of carboxylic acid groups (broad SMARTS) is 3. The summed E-state index contributed by atoms with van der Waals surface area (Å²) < 4.78 is 4.56. The van der Waals surface area contributed by atoms with Gasteiger partial charge in [-0.2, -0.15) is 0 Å². The number of hydrogen-bond donors (Lipinski definition) is 3. The first kappa shape index (κ1) is 12.4. The van der Waals surface area contributed by atoms with Gasteiger partial charge in [0.15, 0.2) is 6.10 Å². The van der Waals surface area contributed by atoms with E-state index in [1.54, 1.807) is 0 Å². The number of ether oxygens (including phenoxy) is 1. The fourth-order valence-electron chi connectivity index (χ4n) is 0.665. The van der Waals surface area contributed by atoms with Crippen LogP contribution in [0.2, 0.25) is 0 Å². The van der Waals surface area contributed by atoms with Crippen molar-refractivity contribution in [3.8, 4) is 0 Å². The van der Waals surface area contributed by atoms with Crippen LogP contribution in [0.25, 0.3) is 0 Å². The molecule has 0 heterocycles. The first-order valence-corrected chi connectivity index (χ1v) is 3.71. The van der Waals surface area contributed by atoms with Crippen LogP contribution in [0.5, 0.6) is 0 Å². The van der Waals surface area contributed by atoms with Gasteiger partial charge in [-0.3, -0.25) is 9.59 Å². The SMILES string of the molecule is O=C(O)CCOC(CC(=O)O)C(=O)O. The Morgan fingerprint density at radius 2 is 1.64 bits per heavy atom. The standard InChI is InChI=1S/C7H10O7/c8-5(9)1-2-14-4(7(12)13)3-6(10)11/h4H,1-3H2,(H,8,9)(H,10,11)(H,12,13). The molecule has 0 aliphatic heterocycles. The van der Waals surface area contributed by atoms with E-state index >= 15 is 0 Å². The van der Waals surface area contributed by atoms with Crippen LogP contribution in [-0.4, -0.2) is 45.9 Å². The lowest BCUT2D eigenvalue weighted by molar-refractivity contribution is -0.158. The molecule has 0 amide bonds. The number of hydrogen-bond acceptors (Lipinski definition) is 4. The zero-order chi connectivity index (χ0) is 11.1. The van der Waals surface area contributed by atoms with E-state index in [2.05, 4.69) is 4.74 Å². The second-order valence-electron chi connectivity index (χ2n) is 2.44. The van der Waals surface area contributed by atoms with Crippen molar-refractivity contribution in [2.24, 2.45) is 0 Å². The first-order valence-electron chi connectivity index (χ1n) is 3.71. The van der Waals surface area contributed by atoms with Gasteiger partial charge >= 0.3 is 17.9 Å². The lowest BCUT2D eigenvalue weighted by Gasteiger charge is -2.09. The van der Waals surface area contributed by atoms with Gasteiger partial charge in [0.2, 0.25) is 0 Å². The molecule has 0 aromatic rings.